The molecule has 71 valence electrons. The number of methoxy groups -OCH3 is 1. The average Bonchev–Trinajstić information content (AvgIpc) is 2.02. The van der Waals surface area contributed by atoms with Crippen LogP contribution in [-0.4, -0.2) is 13.5 Å². The molecule has 0 heterocycles. The summed E-state index contributed by atoms with van der Waals surface area (Å²) in [5, 5.41) is 0. The van der Waals surface area contributed by atoms with Crippen LogP contribution in [0, 0.1) is 6.07 Å². The molecule has 1 rings (SSSR count). The Labute approximate surface area is 72.9 Å². The highest BCUT2D eigenvalue weighted by atomic mass is 19.4. The van der Waals surface area contributed by atoms with Gasteiger partial charge >= 0.3 is 6.36 Å². The van der Waals surface area contributed by atoms with Crippen LogP contribution < -0.4 is 9.47 Å². The van der Waals surface area contributed by atoms with Crippen molar-refractivity contribution in [1.29, 1.82) is 0 Å². The van der Waals surface area contributed by atoms with Gasteiger partial charge in [-0.3, -0.25) is 0 Å². The van der Waals surface area contributed by atoms with Crippen molar-refractivity contribution in [2.24, 2.45) is 0 Å². The van der Waals surface area contributed by atoms with E-state index < -0.39 is 12.1 Å². The number of benzene rings is 1. The molecule has 0 amide bonds. The van der Waals surface area contributed by atoms with E-state index in [1.165, 1.54) is 25.3 Å². The van der Waals surface area contributed by atoms with Gasteiger partial charge in [-0.2, -0.15) is 0 Å². The first-order valence-corrected chi connectivity index (χ1v) is 3.33. The molecule has 0 unspecified atom stereocenters. The Morgan fingerprint density at radius 1 is 1.38 bits per heavy atom. The van der Waals surface area contributed by atoms with Crippen LogP contribution in [0.4, 0.5) is 13.2 Å². The highest BCUT2D eigenvalue weighted by Crippen LogP contribution is 2.30. The lowest BCUT2D eigenvalue weighted by Crippen LogP contribution is -2.17. The van der Waals surface area contributed by atoms with Crippen LogP contribution in [0.15, 0.2) is 18.2 Å². The normalized spacial score (nSPS) is 11.1. The topological polar surface area (TPSA) is 18.5 Å². The number of hydrogen-bond acceptors (Lipinski definition) is 2. The van der Waals surface area contributed by atoms with Crippen LogP contribution in [0.3, 0.4) is 0 Å². The van der Waals surface area contributed by atoms with Crippen molar-refractivity contribution in [2.45, 2.75) is 6.36 Å². The minimum atomic E-state index is -4.72. The van der Waals surface area contributed by atoms with E-state index in [2.05, 4.69) is 15.5 Å². The Morgan fingerprint density at radius 2 is 2.08 bits per heavy atom. The number of ether oxygens (including phenoxy) is 2. The van der Waals surface area contributed by atoms with Gasteiger partial charge in [0.2, 0.25) is 0 Å². The zero-order chi connectivity index (χ0) is 9.90. The molecule has 2 nitrogen and oxygen atoms in total. The predicted octanol–water partition coefficient (Wildman–Crippen LogP) is 2.39. The van der Waals surface area contributed by atoms with Gasteiger partial charge in [0.1, 0.15) is 0 Å². The second-order valence-corrected chi connectivity index (χ2v) is 2.12. The number of halogens is 3. The van der Waals surface area contributed by atoms with Crippen molar-refractivity contribution in [3.8, 4) is 11.5 Å². The van der Waals surface area contributed by atoms with Crippen molar-refractivity contribution < 1.29 is 22.6 Å². The molecule has 0 fully saturated rings. The molecule has 0 aliphatic heterocycles. The average molecular weight is 191 g/mol. The van der Waals surface area contributed by atoms with Gasteiger partial charge in [-0.15, -0.1) is 13.2 Å². The van der Waals surface area contributed by atoms with Crippen LogP contribution in [0.25, 0.3) is 0 Å². The third-order valence-electron chi connectivity index (χ3n) is 1.22. The maximum atomic E-state index is 11.8. The molecule has 13 heavy (non-hydrogen) atoms. The van der Waals surface area contributed by atoms with Crippen LogP contribution in [-0.2, 0) is 0 Å². The van der Waals surface area contributed by atoms with Crippen LogP contribution >= 0.6 is 0 Å². The summed E-state index contributed by atoms with van der Waals surface area (Å²) in [6.45, 7) is 0. The monoisotopic (exact) mass is 191 g/mol. The Bertz CT molecular complexity index is 283. The second-order valence-electron chi connectivity index (χ2n) is 2.12. The summed E-state index contributed by atoms with van der Waals surface area (Å²) < 4.78 is 43.6. The van der Waals surface area contributed by atoms with Crippen molar-refractivity contribution >= 4 is 0 Å². The molecular weight excluding hydrogens is 185 g/mol. The molecule has 1 aromatic rings. The maximum Gasteiger partial charge on any atom is 0.573 e. The molecule has 0 N–H and O–H groups in total. The maximum absolute atomic E-state index is 11.8. The minimum Gasteiger partial charge on any atom is -0.493 e. The van der Waals surface area contributed by atoms with E-state index >= 15 is 0 Å². The van der Waals surface area contributed by atoms with E-state index in [1.54, 1.807) is 0 Å². The van der Waals surface area contributed by atoms with Gasteiger partial charge in [-0.25, -0.2) is 0 Å². The highest BCUT2D eigenvalue weighted by Gasteiger charge is 2.32. The molecule has 0 saturated carbocycles. The Balaban J connectivity index is 2.87. The van der Waals surface area contributed by atoms with Gasteiger partial charge in [0.25, 0.3) is 0 Å². The highest BCUT2D eigenvalue weighted by molar-refractivity contribution is 5.38. The van der Waals surface area contributed by atoms with E-state index in [0.29, 0.717) is 0 Å². The number of hydrogen-bond donors (Lipinski definition) is 0. The zero-order valence-electron chi connectivity index (χ0n) is 6.68. The SMILES string of the molecule is COc1ccc[c]c1OC(F)(F)F. The summed E-state index contributed by atoms with van der Waals surface area (Å²) in [7, 11) is 1.26. The number of rotatable bonds is 2. The van der Waals surface area contributed by atoms with E-state index in [9.17, 15) is 13.2 Å². The minimum absolute atomic E-state index is 0.000162. The lowest BCUT2D eigenvalue weighted by Gasteiger charge is -2.11. The molecular formula is C8H6F3O2. The number of alkyl halides is 3. The molecule has 0 atom stereocenters. The standard InChI is InChI=1S/C8H6F3O2/c1-12-6-4-2-3-5-7(6)13-8(9,10)11/h2-4H,1H3. The van der Waals surface area contributed by atoms with Crippen molar-refractivity contribution in [3.05, 3.63) is 24.3 Å². The second kappa shape index (κ2) is 3.55. The first-order valence-electron chi connectivity index (χ1n) is 3.33. The summed E-state index contributed by atoms with van der Waals surface area (Å²) in [4.78, 5) is 0. The van der Waals surface area contributed by atoms with E-state index in [4.69, 9.17) is 0 Å². The third kappa shape index (κ3) is 2.85. The third-order valence-corrected chi connectivity index (χ3v) is 1.22. The van der Waals surface area contributed by atoms with Crippen LogP contribution in [0.5, 0.6) is 11.5 Å². The smallest absolute Gasteiger partial charge is 0.493 e. The summed E-state index contributed by atoms with van der Waals surface area (Å²) in [6, 6.07) is 6.45. The molecule has 5 heteroatoms. The first kappa shape index (κ1) is 9.70. The molecule has 0 aliphatic rings. The molecule has 0 aromatic heterocycles. The molecule has 0 bridgehead atoms. The molecule has 1 radical (unpaired) electrons. The van der Waals surface area contributed by atoms with Gasteiger partial charge in [-0.1, -0.05) is 12.1 Å². The fourth-order valence-corrected chi connectivity index (χ4v) is 0.762. The Hall–Kier alpha value is -1.39. The van der Waals surface area contributed by atoms with Gasteiger partial charge < -0.3 is 9.47 Å². The molecule has 0 aliphatic carbocycles. The van der Waals surface area contributed by atoms with Crippen LogP contribution in [0.1, 0.15) is 0 Å². The summed E-state index contributed by atoms with van der Waals surface area (Å²) in [6.07, 6.45) is -4.72. The van der Waals surface area contributed by atoms with E-state index in [-0.39, 0.29) is 5.75 Å². The quantitative estimate of drug-likeness (QED) is 0.714. The van der Waals surface area contributed by atoms with E-state index in [1.807, 2.05) is 0 Å². The predicted molar refractivity (Wildman–Crippen MR) is 38.5 cm³/mol. The van der Waals surface area contributed by atoms with Gasteiger partial charge in [0, 0.05) is 6.07 Å². The summed E-state index contributed by atoms with van der Waals surface area (Å²) >= 11 is 0. The zero-order valence-corrected chi connectivity index (χ0v) is 6.68. The van der Waals surface area contributed by atoms with Gasteiger partial charge in [-0.05, 0) is 6.07 Å². The van der Waals surface area contributed by atoms with Crippen molar-refractivity contribution in [1.82, 2.24) is 0 Å². The van der Waals surface area contributed by atoms with Gasteiger partial charge in [0.15, 0.2) is 11.5 Å². The van der Waals surface area contributed by atoms with Crippen molar-refractivity contribution in [3.63, 3.8) is 0 Å². The van der Waals surface area contributed by atoms with Crippen molar-refractivity contribution in [2.75, 3.05) is 7.11 Å². The molecule has 0 spiro atoms. The van der Waals surface area contributed by atoms with E-state index in [0.717, 1.165) is 0 Å². The Morgan fingerprint density at radius 3 is 2.62 bits per heavy atom. The fourth-order valence-electron chi connectivity index (χ4n) is 0.762. The van der Waals surface area contributed by atoms with Gasteiger partial charge in [0.05, 0.1) is 7.11 Å². The molecule has 0 saturated heterocycles. The Kier molecular flexibility index (Phi) is 2.65. The van der Waals surface area contributed by atoms with Crippen LogP contribution in [0.2, 0.25) is 0 Å². The molecule has 1 aromatic carbocycles. The lowest BCUT2D eigenvalue weighted by molar-refractivity contribution is -0.275. The summed E-state index contributed by atoms with van der Waals surface area (Å²) in [5.41, 5.74) is 0. The lowest BCUT2D eigenvalue weighted by atomic mass is 10.3. The largest absolute Gasteiger partial charge is 0.573 e. The fraction of sp³-hybridized carbons (Fsp3) is 0.250. The first-order chi connectivity index (χ1) is 6.03. The summed E-state index contributed by atoms with van der Waals surface area (Å²) in [5.74, 6) is -0.461. The number of para-hydroxylation sites is 1.